The van der Waals surface area contributed by atoms with Gasteiger partial charge in [-0.1, -0.05) is 38.8 Å². The van der Waals surface area contributed by atoms with Gasteiger partial charge >= 0.3 is 6.03 Å². The molecule has 0 spiro atoms. The Hall–Kier alpha value is -1.59. The number of carbonyl (C=O) groups is 1. The van der Waals surface area contributed by atoms with Crippen LogP contribution >= 0.6 is 0 Å². The summed E-state index contributed by atoms with van der Waals surface area (Å²) in [7, 11) is 0. The van der Waals surface area contributed by atoms with Crippen molar-refractivity contribution in [2.75, 3.05) is 18.5 Å². The van der Waals surface area contributed by atoms with E-state index in [4.69, 9.17) is 9.84 Å². The predicted molar refractivity (Wildman–Crippen MR) is 101 cm³/mol. The van der Waals surface area contributed by atoms with Crippen LogP contribution in [0.2, 0.25) is 0 Å². The number of hydrogen-bond acceptors (Lipinski definition) is 3. The number of benzene rings is 1. The van der Waals surface area contributed by atoms with E-state index < -0.39 is 0 Å². The zero-order valence-corrected chi connectivity index (χ0v) is 15.5. The zero-order valence-electron chi connectivity index (χ0n) is 15.5. The first kappa shape index (κ1) is 19.7. The molecule has 1 saturated carbocycles. The van der Waals surface area contributed by atoms with Crippen molar-refractivity contribution in [3.8, 4) is 0 Å². The van der Waals surface area contributed by atoms with Crippen molar-refractivity contribution in [2.45, 2.75) is 58.7 Å². The van der Waals surface area contributed by atoms with Crippen molar-refractivity contribution in [3.63, 3.8) is 0 Å². The molecular weight excluding hydrogens is 316 g/mol. The summed E-state index contributed by atoms with van der Waals surface area (Å²) in [6.07, 6.45) is 5.90. The number of urea groups is 1. The topological polar surface area (TPSA) is 70.6 Å². The summed E-state index contributed by atoms with van der Waals surface area (Å²) in [4.78, 5) is 12.0. The van der Waals surface area contributed by atoms with Crippen molar-refractivity contribution < 1.29 is 14.6 Å². The molecule has 1 aromatic rings. The second kappa shape index (κ2) is 10.4. The molecule has 3 atom stereocenters. The number of aliphatic hydroxyl groups excluding tert-OH is 1. The number of carbonyl (C=O) groups excluding carboxylic acids is 1. The summed E-state index contributed by atoms with van der Waals surface area (Å²) in [6.45, 7) is 5.57. The van der Waals surface area contributed by atoms with Gasteiger partial charge in [0, 0.05) is 18.8 Å². The van der Waals surface area contributed by atoms with E-state index in [0.717, 1.165) is 30.0 Å². The Morgan fingerprint density at radius 1 is 1.40 bits per heavy atom. The van der Waals surface area contributed by atoms with E-state index in [1.807, 2.05) is 31.2 Å². The molecule has 2 rings (SSSR count). The van der Waals surface area contributed by atoms with Crippen LogP contribution in [0, 0.1) is 11.8 Å². The van der Waals surface area contributed by atoms with E-state index in [1.54, 1.807) is 0 Å². The van der Waals surface area contributed by atoms with Gasteiger partial charge in [0.1, 0.15) is 0 Å². The molecular formula is C20H32N2O3. The molecule has 3 N–H and O–H groups in total. The van der Waals surface area contributed by atoms with Crippen molar-refractivity contribution in [1.82, 2.24) is 5.32 Å². The van der Waals surface area contributed by atoms with E-state index in [2.05, 4.69) is 17.6 Å². The first-order valence-electron chi connectivity index (χ1n) is 9.43. The highest BCUT2D eigenvalue weighted by atomic mass is 16.5. The van der Waals surface area contributed by atoms with Gasteiger partial charge in [0.2, 0.25) is 0 Å². The lowest BCUT2D eigenvalue weighted by Crippen LogP contribution is -2.32. The maximum absolute atomic E-state index is 12.0. The molecule has 2 amide bonds. The fraction of sp³-hybridized carbons (Fsp3) is 0.650. The van der Waals surface area contributed by atoms with Gasteiger partial charge in [0.05, 0.1) is 12.7 Å². The first-order chi connectivity index (χ1) is 12.1. The van der Waals surface area contributed by atoms with E-state index in [1.165, 1.54) is 12.8 Å². The van der Waals surface area contributed by atoms with Crippen LogP contribution in [0.4, 0.5) is 10.5 Å². The number of amides is 2. The molecule has 0 heterocycles. The molecule has 5 heteroatoms. The number of rotatable bonds is 8. The van der Waals surface area contributed by atoms with Crippen LogP contribution in [0.5, 0.6) is 0 Å². The Morgan fingerprint density at radius 2 is 2.24 bits per heavy atom. The highest BCUT2D eigenvalue weighted by Crippen LogP contribution is 2.26. The zero-order chi connectivity index (χ0) is 18.1. The summed E-state index contributed by atoms with van der Waals surface area (Å²) in [5, 5.41) is 14.6. The van der Waals surface area contributed by atoms with Gasteiger partial charge in [-0.15, -0.1) is 0 Å². The molecule has 1 aliphatic carbocycles. The Balaban J connectivity index is 1.77. The SMILES string of the molecule is CC(CCO)CNC(=O)Nc1cccc(COC2CCCC(C)C2)c1. The standard InChI is InChI=1S/C20H32N2O3/c1-15-5-3-8-19(11-15)25-14-17-6-4-7-18(12-17)22-20(24)21-13-16(2)9-10-23/h4,6-7,12,15-16,19,23H,3,5,8-11,13-14H2,1-2H3,(H2,21,22,24). The van der Waals surface area contributed by atoms with E-state index in [-0.39, 0.29) is 18.6 Å². The summed E-state index contributed by atoms with van der Waals surface area (Å²) in [5.41, 5.74) is 1.84. The maximum atomic E-state index is 12.0. The van der Waals surface area contributed by atoms with Gasteiger partial charge in [-0.05, 0) is 48.8 Å². The van der Waals surface area contributed by atoms with Gasteiger partial charge in [0.15, 0.2) is 0 Å². The molecule has 3 unspecified atom stereocenters. The summed E-state index contributed by atoms with van der Waals surface area (Å²) in [6, 6.07) is 7.58. The van der Waals surface area contributed by atoms with Crippen LogP contribution in [0.15, 0.2) is 24.3 Å². The molecule has 0 bridgehead atoms. The van der Waals surface area contributed by atoms with Crippen molar-refractivity contribution in [2.24, 2.45) is 11.8 Å². The molecule has 1 aromatic carbocycles. The highest BCUT2D eigenvalue weighted by molar-refractivity contribution is 5.89. The number of anilines is 1. The summed E-state index contributed by atoms with van der Waals surface area (Å²) < 4.78 is 6.05. The fourth-order valence-electron chi connectivity index (χ4n) is 3.25. The average Bonchev–Trinajstić information content (AvgIpc) is 2.59. The molecule has 0 saturated heterocycles. The lowest BCUT2D eigenvalue weighted by Gasteiger charge is -2.26. The van der Waals surface area contributed by atoms with Crippen molar-refractivity contribution >= 4 is 11.7 Å². The molecule has 0 aromatic heterocycles. The molecule has 0 radical (unpaired) electrons. The average molecular weight is 348 g/mol. The molecule has 25 heavy (non-hydrogen) atoms. The van der Waals surface area contributed by atoms with Crippen LogP contribution in [0.25, 0.3) is 0 Å². The van der Waals surface area contributed by atoms with E-state index in [9.17, 15) is 4.79 Å². The molecule has 140 valence electrons. The quantitative estimate of drug-likeness (QED) is 0.667. The Kier molecular flexibility index (Phi) is 8.22. The minimum absolute atomic E-state index is 0.145. The maximum Gasteiger partial charge on any atom is 0.319 e. The number of aliphatic hydroxyl groups is 1. The number of ether oxygens (including phenoxy) is 1. The minimum atomic E-state index is -0.219. The summed E-state index contributed by atoms with van der Waals surface area (Å²) >= 11 is 0. The lowest BCUT2D eigenvalue weighted by molar-refractivity contribution is 0.00468. The Morgan fingerprint density at radius 3 is 3.00 bits per heavy atom. The molecule has 5 nitrogen and oxygen atoms in total. The number of nitrogens with one attached hydrogen (secondary N) is 2. The van der Waals surface area contributed by atoms with Gasteiger partial charge in [-0.25, -0.2) is 4.79 Å². The van der Waals surface area contributed by atoms with Crippen LogP contribution < -0.4 is 10.6 Å². The second-order valence-corrected chi connectivity index (χ2v) is 7.36. The highest BCUT2D eigenvalue weighted by Gasteiger charge is 2.19. The van der Waals surface area contributed by atoms with Gasteiger partial charge in [-0.2, -0.15) is 0 Å². The fourth-order valence-corrected chi connectivity index (χ4v) is 3.25. The lowest BCUT2D eigenvalue weighted by atomic mass is 9.89. The normalized spacial score (nSPS) is 21.6. The third-order valence-corrected chi connectivity index (χ3v) is 4.79. The number of hydrogen-bond donors (Lipinski definition) is 3. The van der Waals surface area contributed by atoms with Crippen LogP contribution in [0.1, 0.15) is 51.5 Å². The van der Waals surface area contributed by atoms with Crippen molar-refractivity contribution in [1.29, 1.82) is 0 Å². The first-order valence-corrected chi connectivity index (χ1v) is 9.43. The molecule has 1 aliphatic rings. The summed E-state index contributed by atoms with van der Waals surface area (Å²) in [5.74, 6) is 1.01. The van der Waals surface area contributed by atoms with Crippen molar-refractivity contribution in [3.05, 3.63) is 29.8 Å². The second-order valence-electron chi connectivity index (χ2n) is 7.36. The van der Waals surface area contributed by atoms with E-state index in [0.29, 0.717) is 25.7 Å². The molecule has 0 aliphatic heterocycles. The minimum Gasteiger partial charge on any atom is -0.396 e. The third kappa shape index (κ3) is 7.45. The third-order valence-electron chi connectivity index (χ3n) is 4.79. The Labute approximate surface area is 151 Å². The van der Waals surface area contributed by atoms with E-state index >= 15 is 0 Å². The van der Waals surface area contributed by atoms with Gasteiger partial charge in [-0.3, -0.25) is 0 Å². The monoisotopic (exact) mass is 348 g/mol. The van der Waals surface area contributed by atoms with Gasteiger partial charge < -0.3 is 20.5 Å². The smallest absolute Gasteiger partial charge is 0.319 e. The largest absolute Gasteiger partial charge is 0.396 e. The Bertz CT molecular complexity index is 535. The van der Waals surface area contributed by atoms with Crippen LogP contribution in [-0.2, 0) is 11.3 Å². The molecule has 1 fully saturated rings. The van der Waals surface area contributed by atoms with Crippen LogP contribution in [0.3, 0.4) is 0 Å². The van der Waals surface area contributed by atoms with Crippen LogP contribution in [-0.4, -0.2) is 30.4 Å². The van der Waals surface area contributed by atoms with Gasteiger partial charge in [0.25, 0.3) is 0 Å². The predicted octanol–water partition coefficient (Wildman–Crippen LogP) is 3.92.